The summed E-state index contributed by atoms with van der Waals surface area (Å²) in [6, 6.07) is 11.2. The van der Waals surface area contributed by atoms with Gasteiger partial charge >= 0.3 is 0 Å². The lowest BCUT2D eigenvalue weighted by molar-refractivity contribution is -0.122. The van der Waals surface area contributed by atoms with E-state index < -0.39 is 0 Å². The number of fused-ring (bicyclic) bond motifs is 1. The van der Waals surface area contributed by atoms with Crippen LogP contribution in [-0.4, -0.2) is 25.7 Å². The quantitative estimate of drug-likeness (QED) is 0.856. The van der Waals surface area contributed by atoms with Gasteiger partial charge in [0.15, 0.2) is 11.5 Å². The monoisotopic (exact) mass is 359 g/mol. The third kappa shape index (κ3) is 4.88. The third-order valence-corrected chi connectivity index (χ3v) is 4.06. The number of halogens is 1. The summed E-state index contributed by atoms with van der Waals surface area (Å²) in [5.74, 6) is 1.54. The van der Waals surface area contributed by atoms with Crippen molar-refractivity contribution in [2.75, 3.05) is 19.8 Å². The molecule has 5 nitrogen and oxygen atoms in total. The molecule has 3 rings (SSSR count). The third-order valence-electron chi connectivity index (χ3n) is 4.06. The van der Waals surface area contributed by atoms with Gasteiger partial charge in [0.05, 0.1) is 32.3 Å². The lowest BCUT2D eigenvalue weighted by Gasteiger charge is -2.16. The van der Waals surface area contributed by atoms with Crippen LogP contribution in [0.25, 0.3) is 0 Å². The Bertz CT molecular complexity index is 748. The second kappa shape index (κ2) is 8.56. The molecule has 1 heterocycles. The molecular weight excluding hydrogens is 337 g/mol. The molecule has 1 unspecified atom stereocenters. The topological polar surface area (TPSA) is 56.8 Å². The lowest BCUT2D eigenvalue weighted by atomic mass is 10.1. The maximum Gasteiger partial charge on any atom is 0.223 e. The van der Waals surface area contributed by atoms with Gasteiger partial charge < -0.3 is 19.5 Å². The van der Waals surface area contributed by atoms with Crippen LogP contribution in [0.15, 0.2) is 42.5 Å². The summed E-state index contributed by atoms with van der Waals surface area (Å²) in [5.41, 5.74) is 0.946. The van der Waals surface area contributed by atoms with E-state index in [1.807, 2.05) is 25.1 Å². The highest BCUT2D eigenvalue weighted by Crippen LogP contribution is 2.32. The first-order chi connectivity index (χ1) is 12.6. The highest BCUT2D eigenvalue weighted by atomic mass is 19.1. The fraction of sp³-hybridized carbons (Fsp3) is 0.350. The Morgan fingerprint density at radius 2 is 1.88 bits per heavy atom. The first-order valence-electron chi connectivity index (χ1n) is 8.69. The van der Waals surface area contributed by atoms with Crippen LogP contribution in [0.1, 0.15) is 31.4 Å². The van der Waals surface area contributed by atoms with Gasteiger partial charge in [0, 0.05) is 6.42 Å². The fourth-order valence-electron chi connectivity index (χ4n) is 2.64. The number of carbonyl (C=O) groups is 1. The van der Waals surface area contributed by atoms with Crippen molar-refractivity contribution in [2.45, 2.75) is 25.8 Å². The van der Waals surface area contributed by atoms with Crippen LogP contribution in [0, 0.1) is 5.82 Å². The summed E-state index contributed by atoms with van der Waals surface area (Å²) >= 11 is 0. The Labute approximate surface area is 152 Å². The average Bonchev–Trinajstić information content (AvgIpc) is 2.88. The molecule has 6 heteroatoms. The molecule has 1 aliphatic rings. The largest absolute Gasteiger partial charge is 0.493 e. The highest BCUT2D eigenvalue weighted by Gasteiger charge is 2.15. The molecule has 0 saturated heterocycles. The van der Waals surface area contributed by atoms with Crippen LogP contribution < -0.4 is 19.5 Å². The summed E-state index contributed by atoms with van der Waals surface area (Å²) in [4.78, 5) is 12.1. The van der Waals surface area contributed by atoms with E-state index in [-0.39, 0.29) is 30.8 Å². The van der Waals surface area contributed by atoms with Gasteiger partial charge in [0.25, 0.3) is 0 Å². The van der Waals surface area contributed by atoms with Crippen molar-refractivity contribution in [3.63, 3.8) is 0 Å². The molecule has 26 heavy (non-hydrogen) atoms. The van der Waals surface area contributed by atoms with Crippen molar-refractivity contribution in [1.82, 2.24) is 5.32 Å². The predicted molar refractivity (Wildman–Crippen MR) is 95.1 cm³/mol. The minimum absolute atomic E-state index is 0.119. The number of benzene rings is 2. The van der Waals surface area contributed by atoms with Crippen molar-refractivity contribution >= 4 is 5.91 Å². The molecule has 2 aromatic rings. The van der Waals surface area contributed by atoms with Gasteiger partial charge in [0.2, 0.25) is 5.91 Å². The molecule has 1 amide bonds. The average molecular weight is 359 g/mol. The van der Waals surface area contributed by atoms with Gasteiger partial charge in [0.1, 0.15) is 11.6 Å². The molecule has 138 valence electrons. The standard InChI is InChI=1S/C20H22FNO4/c1-14(15-3-8-18-19(13-15)26-11-2-10-25-18)22-20(23)9-12-24-17-6-4-16(21)5-7-17/h3-8,13-14H,2,9-12H2,1H3,(H,22,23). The number of hydrogen-bond donors (Lipinski definition) is 1. The van der Waals surface area contributed by atoms with Crippen LogP contribution in [0.3, 0.4) is 0 Å². The van der Waals surface area contributed by atoms with Crippen LogP contribution in [0.5, 0.6) is 17.2 Å². The smallest absolute Gasteiger partial charge is 0.223 e. The number of rotatable bonds is 6. The normalized spacial score (nSPS) is 14.2. The Hall–Kier alpha value is -2.76. The summed E-state index contributed by atoms with van der Waals surface area (Å²) in [6.07, 6.45) is 1.07. The van der Waals surface area contributed by atoms with Crippen LogP contribution in [0.2, 0.25) is 0 Å². The van der Waals surface area contributed by atoms with Crippen molar-refractivity contribution in [3.05, 3.63) is 53.8 Å². The zero-order valence-electron chi connectivity index (χ0n) is 14.7. The molecule has 0 aromatic heterocycles. The van der Waals surface area contributed by atoms with E-state index in [9.17, 15) is 9.18 Å². The van der Waals surface area contributed by atoms with Crippen molar-refractivity contribution in [1.29, 1.82) is 0 Å². The maximum atomic E-state index is 12.8. The van der Waals surface area contributed by atoms with Gasteiger partial charge in [-0.1, -0.05) is 6.07 Å². The molecule has 1 N–H and O–H groups in total. The summed E-state index contributed by atoms with van der Waals surface area (Å²) in [6.45, 7) is 3.41. The van der Waals surface area contributed by atoms with Gasteiger partial charge in [-0.15, -0.1) is 0 Å². The van der Waals surface area contributed by atoms with Crippen molar-refractivity contribution in [2.24, 2.45) is 0 Å². The summed E-state index contributed by atoms with van der Waals surface area (Å²) in [7, 11) is 0. The van der Waals surface area contributed by atoms with Crippen molar-refractivity contribution in [3.8, 4) is 17.2 Å². The number of nitrogens with one attached hydrogen (secondary N) is 1. The van der Waals surface area contributed by atoms with E-state index in [0.29, 0.717) is 24.7 Å². The summed E-state index contributed by atoms with van der Waals surface area (Å²) < 4.78 is 29.6. The molecule has 2 aromatic carbocycles. The zero-order valence-corrected chi connectivity index (χ0v) is 14.7. The van der Waals surface area contributed by atoms with Crippen molar-refractivity contribution < 1.29 is 23.4 Å². The molecule has 0 fully saturated rings. The highest BCUT2D eigenvalue weighted by molar-refractivity contribution is 5.76. The van der Waals surface area contributed by atoms with Crippen LogP contribution in [-0.2, 0) is 4.79 Å². The second-order valence-electron chi connectivity index (χ2n) is 6.10. The Balaban J connectivity index is 1.49. The molecule has 0 spiro atoms. The minimum Gasteiger partial charge on any atom is -0.493 e. The molecule has 0 bridgehead atoms. The maximum absolute atomic E-state index is 12.8. The molecule has 0 radical (unpaired) electrons. The first kappa shape index (κ1) is 18.0. The molecule has 0 saturated carbocycles. The Morgan fingerprint density at radius 3 is 2.65 bits per heavy atom. The molecule has 1 atom stereocenters. The number of amides is 1. The number of hydrogen-bond acceptors (Lipinski definition) is 4. The molecular formula is C20H22FNO4. The van der Waals surface area contributed by atoms with E-state index in [4.69, 9.17) is 14.2 Å². The minimum atomic E-state index is -0.320. The Kier molecular flexibility index (Phi) is 5.94. The predicted octanol–water partition coefficient (Wildman–Crippen LogP) is 3.63. The number of carbonyl (C=O) groups excluding carboxylic acids is 1. The second-order valence-corrected chi connectivity index (χ2v) is 6.10. The zero-order chi connectivity index (χ0) is 18.4. The first-order valence-corrected chi connectivity index (χ1v) is 8.69. The van der Waals surface area contributed by atoms with E-state index in [0.717, 1.165) is 17.7 Å². The van der Waals surface area contributed by atoms with Crippen LogP contribution >= 0.6 is 0 Å². The van der Waals surface area contributed by atoms with E-state index in [1.54, 1.807) is 0 Å². The van der Waals surface area contributed by atoms with E-state index >= 15 is 0 Å². The lowest BCUT2D eigenvalue weighted by Crippen LogP contribution is -2.27. The van der Waals surface area contributed by atoms with Crippen LogP contribution in [0.4, 0.5) is 4.39 Å². The van der Waals surface area contributed by atoms with Gasteiger partial charge in [-0.05, 0) is 48.9 Å². The fourth-order valence-corrected chi connectivity index (χ4v) is 2.64. The van der Waals surface area contributed by atoms with E-state index in [2.05, 4.69) is 5.32 Å². The molecule has 1 aliphatic heterocycles. The SMILES string of the molecule is CC(NC(=O)CCOc1ccc(F)cc1)c1ccc2c(c1)OCCCO2. The van der Waals surface area contributed by atoms with Gasteiger partial charge in [-0.2, -0.15) is 0 Å². The number of ether oxygens (including phenoxy) is 3. The van der Waals surface area contributed by atoms with E-state index in [1.165, 1.54) is 24.3 Å². The molecule has 0 aliphatic carbocycles. The van der Waals surface area contributed by atoms with Gasteiger partial charge in [-0.3, -0.25) is 4.79 Å². The summed E-state index contributed by atoms with van der Waals surface area (Å²) in [5, 5.41) is 2.94. The van der Waals surface area contributed by atoms with Gasteiger partial charge in [-0.25, -0.2) is 4.39 Å². The Morgan fingerprint density at radius 1 is 1.15 bits per heavy atom.